The van der Waals surface area contributed by atoms with Crippen LogP contribution in [0.25, 0.3) is 0 Å². The van der Waals surface area contributed by atoms with Crippen LogP contribution in [-0.2, 0) is 17.9 Å². The summed E-state index contributed by atoms with van der Waals surface area (Å²) >= 11 is 0. The summed E-state index contributed by atoms with van der Waals surface area (Å²) in [6.07, 6.45) is 0. The van der Waals surface area contributed by atoms with Crippen molar-refractivity contribution in [1.82, 2.24) is 9.55 Å². The molecule has 0 spiro atoms. The van der Waals surface area contributed by atoms with Crippen LogP contribution in [0.2, 0.25) is 0 Å². The number of hydrogen-bond acceptors (Lipinski definition) is 5. The zero-order valence-electron chi connectivity index (χ0n) is 12.4. The Morgan fingerprint density at radius 1 is 1.39 bits per heavy atom. The molecular formula is C16H16FN3O3. The number of hydrogen-bond donors (Lipinski definition) is 0. The predicted molar refractivity (Wildman–Crippen MR) is 81.2 cm³/mol. The van der Waals surface area contributed by atoms with Crippen molar-refractivity contribution in [3.63, 3.8) is 0 Å². The van der Waals surface area contributed by atoms with Gasteiger partial charge >= 0.3 is 5.69 Å². The van der Waals surface area contributed by atoms with Crippen molar-refractivity contribution < 1.29 is 13.9 Å². The highest BCUT2D eigenvalue weighted by Gasteiger charge is 2.33. The summed E-state index contributed by atoms with van der Waals surface area (Å²) in [6, 6.07) is 8.11. The number of rotatable bonds is 3. The number of aromatic nitrogens is 2. The maximum absolute atomic E-state index is 13.2. The molecule has 1 aromatic carbocycles. The van der Waals surface area contributed by atoms with E-state index in [0.29, 0.717) is 25.3 Å². The minimum absolute atomic E-state index is 0.167. The van der Waals surface area contributed by atoms with Crippen LogP contribution in [0.4, 0.5) is 10.2 Å². The molecule has 7 heteroatoms. The van der Waals surface area contributed by atoms with Crippen LogP contribution in [-0.4, -0.2) is 35.4 Å². The van der Waals surface area contributed by atoms with E-state index >= 15 is 0 Å². The van der Waals surface area contributed by atoms with E-state index in [-0.39, 0.29) is 30.0 Å². The van der Waals surface area contributed by atoms with E-state index < -0.39 is 0 Å². The quantitative estimate of drug-likeness (QED) is 0.851. The second kappa shape index (κ2) is 5.66. The number of halogens is 1. The van der Waals surface area contributed by atoms with Gasteiger partial charge in [-0.3, -0.25) is 4.57 Å². The Bertz CT molecular complexity index is 792. The lowest BCUT2D eigenvalue weighted by molar-refractivity contribution is 0.0956. The van der Waals surface area contributed by atoms with E-state index in [4.69, 9.17) is 9.47 Å². The highest BCUT2D eigenvalue weighted by molar-refractivity contribution is 5.47. The van der Waals surface area contributed by atoms with Gasteiger partial charge in [0.25, 0.3) is 0 Å². The van der Waals surface area contributed by atoms with E-state index in [1.165, 1.54) is 12.1 Å². The van der Waals surface area contributed by atoms with Crippen LogP contribution in [0.5, 0.6) is 5.88 Å². The molecule has 0 radical (unpaired) electrons. The molecule has 1 fully saturated rings. The van der Waals surface area contributed by atoms with Gasteiger partial charge < -0.3 is 14.4 Å². The van der Waals surface area contributed by atoms with Crippen molar-refractivity contribution in [1.29, 1.82) is 0 Å². The second-order valence-corrected chi connectivity index (χ2v) is 5.69. The largest absolute Gasteiger partial charge is 0.473 e. The van der Waals surface area contributed by atoms with Gasteiger partial charge in [0, 0.05) is 12.6 Å². The summed E-state index contributed by atoms with van der Waals surface area (Å²) in [5.74, 6) is 0.759. The topological polar surface area (TPSA) is 56.6 Å². The number of nitrogens with zero attached hydrogens (tertiary/aromatic N) is 3. The van der Waals surface area contributed by atoms with Gasteiger partial charge in [0.2, 0.25) is 5.88 Å². The molecule has 2 aromatic rings. The fourth-order valence-corrected chi connectivity index (χ4v) is 3.06. The van der Waals surface area contributed by atoms with Gasteiger partial charge in [-0.15, -0.1) is 0 Å². The van der Waals surface area contributed by atoms with E-state index in [1.54, 1.807) is 22.8 Å². The summed E-state index contributed by atoms with van der Waals surface area (Å²) in [5.41, 5.74) is 0.364. The number of benzene rings is 1. The summed E-state index contributed by atoms with van der Waals surface area (Å²) in [6.45, 7) is 2.76. The number of ether oxygens (including phenoxy) is 2. The Morgan fingerprint density at radius 3 is 3.17 bits per heavy atom. The molecule has 120 valence electrons. The molecule has 4 rings (SSSR count). The van der Waals surface area contributed by atoms with Crippen LogP contribution in [0.15, 0.2) is 35.1 Å². The maximum Gasteiger partial charge on any atom is 0.352 e. The molecule has 0 unspecified atom stereocenters. The Balaban J connectivity index is 1.57. The Morgan fingerprint density at radius 2 is 2.30 bits per heavy atom. The highest BCUT2D eigenvalue weighted by Crippen LogP contribution is 2.28. The first-order valence-corrected chi connectivity index (χ1v) is 7.54. The normalized spacial score (nSPS) is 19.3. The lowest BCUT2D eigenvalue weighted by Crippen LogP contribution is -2.43. The van der Waals surface area contributed by atoms with Crippen molar-refractivity contribution >= 4 is 5.82 Å². The average Bonchev–Trinajstić information content (AvgIpc) is 2.93. The third kappa shape index (κ3) is 2.68. The van der Waals surface area contributed by atoms with Gasteiger partial charge in [0.05, 0.1) is 25.8 Å². The fraction of sp³-hybridized carbons (Fsp3) is 0.375. The molecule has 2 aliphatic heterocycles. The highest BCUT2D eigenvalue weighted by atomic mass is 19.1. The van der Waals surface area contributed by atoms with Gasteiger partial charge in [-0.1, -0.05) is 12.1 Å². The molecule has 1 aromatic heterocycles. The lowest BCUT2D eigenvalue weighted by Gasteiger charge is -2.30. The predicted octanol–water partition coefficient (Wildman–Crippen LogP) is 1.18. The van der Waals surface area contributed by atoms with Gasteiger partial charge in [-0.2, -0.15) is 4.98 Å². The molecule has 3 heterocycles. The zero-order valence-corrected chi connectivity index (χ0v) is 12.4. The Kier molecular flexibility index (Phi) is 3.49. The number of fused-ring (bicyclic) bond motifs is 3. The molecule has 23 heavy (non-hydrogen) atoms. The van der Waals surface area contributed by atoms with E-state index in [0.717, 1.165) is 12.4 Å². The standard InChI is InChI=1S/C16H16FN3O3/c17-12-3-1-2-11(6-12)9-23-14-7-15-19-4-5-22-10-13(19)8-20(15)16(21)18-14/h1-3,6-7,13H,4-5,8-10H2/t13-/m1/s1. The number of morpholine rings is 1. The smallest absolute Gasteiger partial charge is 0.352 e. The molecule has 0 amide bonds. The third-order valence-corrected chi connectivity index (χ3v) is 4.16. The Hall–Kier alpha value is -2.41. The van der Waals surface area contributed by atoms with Gasteiger partial charge in [-0.05, 0) is 17.7 Å². The summed E-state index contributed by atoms with van der Waals surface area (Å²) < 4.78 is 25.9. The van der Waals surface area contributed by atoms with Crippen LogP contribution in [0.1, 0.15) is 5.56 Å². The average molecular weight is 317 g/mol. The number of anilines is 1. The summed E-state index contributed by atoms with van der Waals surface area (Å²) in [7, 11) is 0. The van der Waals surface area contributed by atoms with Crippen molar-refractivity contribution in [2.45, 2.75) is 19.2 Å². The molecule has 0 aliphatic carbocycles. The van der Waals surface area contributed by atoms with Gasteiger partial charge in [0.1, 0.15) is 18.2 Å². The van der Waals surface area contributed by atoms with Crippen molar-refractivity contribution in [2.24, 2.45) is 0 Å². The fourth-order valence-electron chi connectivity index (χ4n) is 3.06. The molecule has 0 bridgehead atoms. The monoisotopic (exact) mass is 317 g/mol. The zero-order chi connectivity index (χ0) is 15.8. The molecule has 2 aliphatic rings. The van der Waals surface area contributed by atoms with Crippen molar-refractivity contribution in [2.75, 3.05) is 24.7 Å². The van der Waals surface area contributed by atoms with Crippen molar-refractivity contribution in [3.05, 3.63) is 52.2 Å². The minimum atomic E-state index is -0.328. The van der Waals surface area contributed by atoms with Gasteiger partial charge in [-0.25, -0.2) is 9.18 Å². The molecule has 0 saturated carbocycles. The van der Waals surface area contributed by atoms with E-state index in [1.807, 2.05) is 0 Å². The van der Waals surface area contributed by atoms with Crippen LogP contribution in [0.3, 0.4) is 0 Å². The first-order chi connectivity index (χ1) is 11.2. The summed E-state index contributed by atoms with van der Waals surface area (Å²) in [4.78, 5) is 18.3. The molecule has 0 N–H and O–H groups in total. The third-order valence-electron chi connectivity index (χ3n) is 4.16. The summed E-state index contributed by atoms with van der Waals surface area (Å²) in [5, 5.41) is 0. The lowest BCUT2D eigenvalue weighted by atomic mass is 10.2. The maximum atomic E-state index is 13.2. The SMILES string of the molecule is O=c1nc(OCc2cccc(F)c2)cc2n1C[C@@H]1COCCN21. The molecule has 6 nitrogen and oxygen atoms in total. The molecule has 1 saturated heterocycles. The van der Waals surface area contributed by atoms with Crippen LogP contribution in [0, 0.1) is 5.82 Å². The van der Waals surface area contributed by atoms with Crippen LogP contribution < -0.4 is 15.3 Å². The first kappa shape index (κ1) is 14.2. The van der Waals surface area contributed by atoms with E-state index in [2.05, 4.69) is 9.88 Å². The van der Waals surface area contributed by atoms with Gasteiger partial charge in [0.15, 0.2) is 0 Å². The van der Waals surface area contributed by atoms with Crippen molar-refractivity contribution in [3.8, 4) is 5.88 Å². The first-order valence-electron chi connectivity index (χ1n) is 7.54. The molecule has 1 atom stereocenters. The van der Waals surface area contributed by atoms with E-state index in [9.17, 15) is 9.18 Å². The molecular weight excluding hydrogens is 301 g/mol. The minimum Gasteiger partial charge on any atom is -0.473 e. The van der Waals surface area contributed by atoms with Crippen LogP contribution >= 0.6 is 0 Å². The Labute approximate surface area is 132 Å². The second-order valence-electron chi connectivity index (χ2n) is 5.69.